The van der Waals surface area contributed by atoms with Crippen LogP contribution in [0.25, 0.3) is 0 Å². The third kappa shape index (κ3) is 3.19. The van der Waals surface area contributed by atoms with Gasteiger partial charge >= 0.3 is 11.9 Å². The number of aliphatic hydroxyl groups excluding tert-OH is 1. The molecular weight excluding hydrogens is 336 g/mol. The monoisotopic (exact) mass is 352 g/mol. The molecule has 7 heteroatoms. The maximum atomic E-state index is 12.3. The lowest BCUT2D eigenvalue weighted by Crippen LogP contribution is -2.18. The molecule has 3 rings (SSSR count). The molecule has 1 aliphatic heterocycles. The largest absolute Gasteiger partial charge is 0.512 e. The lowest BCUT2D eigenvalue weighted by atomic mass is 9.99. The van der Waals surface area contributed by atoms with Gasteiger partial charge in [0, 0.05) is 11.1 Å². The average molecular weight is 352 g/mol. The van der Waals surface area contributed by atoms with E-state index < -0.39 is 11.9 Å². The molecule has 1 aromatic heterocycles. The number of esters is 1. The molecule has 1 amide bonds. The summed E-state index contributed by atoms with van der Waals surface area (Å²) in [5.41, 5.74) is 1.31. The van der Waals surface area contributed by atoms with E-state index in [9.17, 15) is 14.7 Å². The summed E-state index contributed by atoms with van der Waals surface area (Å²) in [4.78, 5) is 32.8. The van der Waals surface area contributed by atoms with Crippen LogP contribution in [-0.2, 0) is 9.53 Å². The normalized spacial score (nSPS) is 15.3. The van der Waals surface area contributed by atoms with Crippen LogP contribution in [0.15, 0.2) is 68.4 Å². The van der Waals surface area contributed by atoms with Crippen molar-refractivity contribution in [3.8, 4) is 0 Å². The number of rotatable bonds is 4. The molecule has 132 valence electrons. The van der Waals surface area contributed by atoms with Crippen molar-refractivity contribution in [1.29, 1.82) is 0 Å². The van der Waals surface area contributed by atoms with E-state index in [4.69, 9.17) is 9.15 Å². The highest BCUT2D eigenvalue weighted by molar-refractivity contribution is 6.36. The van der Waals surface area contributed by atoms with Crippen LogP contribution in [-0.4, -0.2) is 35.1 Å². The number of amidine groups is 1. The predicted octanol–water partition coefficient (Wildman–Crippen LogP) is 3.06. The first kappa shape index (κ1) is 17.3. The van der Waals surface area contributed by atoms with E-state index >= 15 is 0 Å². The Hall–Kier alpha value is -3.48. The molecule has 0 radical (unpaired) electrons. The van der Waals surface area contributed by atoms with Crippen molar-refractivity contribution in [3.05, 3.63) is 70.9 Å². The fourth-order valence-electron chi connectivity index (χ4n) is 2.56. The molecule has 1 aliphatic rings. The molecular formula is C19H16N2O5. The van der Waals surface area contributed by atoms with E-state index in [1.807, 2.05) is 0 Å². The zero-order chi connectivity index (χ0) is 18.7. The summed E-state index contributed by atoms with van der Waals surface area (Å²) in [5, 5.41) is 9.99. The van der Waals surface area contributed by atoms with Crippen LogP contribution in [0.3, 0.4) is 0 Å². The van der Waals surface area contributed by atoms with Crippen molar-refractivity contribution < 1.29 is 23.8 Å². The number of aliphatic imine (C=N–C) groups is 2. The van der Waals surface area contributed by atoms with Gasteiger partial charge in [-0.05, 0) is 26.0 Å². The second-order valence-electron chi connectivity index (χ2n) is 5.40. The lowest BCUT2D eigenvalue weighted by molar-refractivity contribution is -0.138. The van der Waals surface area contributed by atoms with Gasteiger partial charge in [-0.1, -0.05) is 24.3 Å². The predicted molar refractivity (Wildman–Crippen MR) is 94.5 cm³/mol. The Bertz CT molecular complexity index is 948. The number of fused-ring (bicyclic) bond motifs is 1. The number of furan rings is 1. The van der Waals surface area contributed by atoms with Gasteiger partial charge in [0.1, 0.15) is 11.3 Å². The summed E-state index contributed by atoms with van der Waals surface area (Å²) < 4.78 is 10.1. The van der Waals surface area contributed by atoms with Crippen LogP contribution in [0.4, 0.5) is 0 Å². The second kappa shape index (κ2) is 7.18. The van der Waals surface area contributed by atoms with Crippen molar-refractivity contribution in [1.82, 2.24) is 0 Å². The van der Waals surface area contributed by atoms with Crippen LogP contribution in [0.1, 0.15) is 35.5 Å². The summed E-state index contributed by atoms with van der Waals surface area (Å²) in [6.45, 7) is 3.20. The maximum absolute atomic E-state index is 12.3. The second-order valence-corrected chi connectivity index (χ2v) is 5.40. The molecule has 1 aromatic carbocycles. The first-order valence-electron chi connectivity index (χ1n) is 7.95. The standard InChI is InChI=1S/C19H16N2O5/c1-3-25-19(24)15(11(2)22)16-12-7-4-5-8-13(12)17(20-16)21-18(23)14-9-6-10-26-14/h4-10,22H,3H2,1-2H3/b15-11+,21-17?. The van der Waals surface area contributed by atoms with Gasteiger partial charge in [0.25, 0.3) is 0 Å². The molecule has 26 heavy (non-hydrogen) atoms. The summed E-state index contributed by atoms with van der Waals surface area (Å²) in [6.07, 6.45) is 1.38. The molecule has 1 N–H and O–H groups in total. The van der Waals surface area contributed by atoms with Crippen molar-refractivity contribution >= 4 is 23.4 Å². The molecule has 2 aromatic rings. The molecule has 0 fully saturated rings. The first-order chi connectivity index (χ1) is 12.5. The number of ether oxygens (including phenoxy) is 1. The Labute approximate surface area is 149 Å². The van der Waals surface area contributed by atoms with Crippen molar-refractivity contribution in [2.75, 3.05) is 6.61 Å². The zero-order valence-corrected chi connectivity index (χ0v) is 14.2. The third-order valence-electron chi connectivity index (χ3n) is 3.66. The number of allylic oxidation sites excluding steroid dienone is 1. The van der Waals surface area contributed by atoms with Crippen LogP contribution in [0.2, 0.25) is 0 Å². The molecule has 0 bridgehead atoms. The van der Waals surface area contributed by atoms with Gasteiger partial charge < -0.3 is 14.3 Å². The Morgan fingerprint density at radius 2 is 1.92 bits per heavy atom. The molecule has 0 aliphatic carbocycles. The minimum Gasteiger partial charge on any atom is -0.512 e. The minimum atomic E-state index is -0.695. The number of amides is 1. The molecule has 0 saturated heterocycles. The SMILES string of the molecule is CCOC(=O)/C(C1=NC(=NC(=O)c2ccco2)c2ccccc21)=C(\C)O. The smallest absolute Gasteiger partial charge is 0.343 e. The van der Waals surface area contributed by atoms with Gasteiger partial charge in [-0.3, -0.25) is 4.79 Å². The zero-order valence-electron chi connectivity index (χ0n) is 14.2. The number of hydrogen-bond donors (Lipinski definition) is 1. The number of nitrogens with zero attached hydrogens (tertiary/aromatic N) is 2. The van der Waals surface area contributed by atoms with E-state index in [0.717, 1.165) is 0 Å². The number of carbonyl (C=O) groups excluding carboxylic acids is 2. The van der Waals surface area contributed by atoms with Gasteiger partial charge in [-0.15, -0.1) is 0 Å². The topological polar surface area (TPSA) is 101 Å². The lowest BCUT2D eigenvalue weighted by Gasteiger charge is -2.08. The first-order valence-corrected chi connectivity index (χ1v) is 7.95. The fourth-order valence-corrected chi connectivity index (χ4v) is 2.56. The number of hydrogen-bond acceptors (Lipinski definition) is 5. The van der Waals surface area contributed by atoms with Crippen molar-refractivity contribution in [3.63, 3.8) is 0 Å². The fraction of sp³-hybridized carbons (Fsp3) is 0.158. The molecule has 0 saturated carbocycles. The van der Waals surface area contributed by atoms with Gasteiger partial charge in [-0.25, -0.2) is 9.79 Å². The van der Waals surface area contributed by atoms with Gasteiger partial charge in [0.2, 0.25) is 0 Å². The Morgan fingerprint density at radius 3 is 2.54 bits per heavy atom. The van der Waals surface area contributed by atoms with E-state index in [0.29, 0.717) is 11.1 Å². The molecule has 2 heterocycles. The quantitative estimate of drug-likeness (QED) is 0.518. The van der Waals surface area contributed by atoms with Gasteiger partial charge in [0.05, 0.1) is 18.6 Å². The van der Waals surface area contributed by atoms with Crippen molar-refractivity contribution in [2.24, 2.45) is 9.98 Å². The molecule has 0 atom stereocenters. The van der Waals surface area contributed by atoms with Crippen LogP contribution >= 0.6 is 0 Å². The van der Waals surface area contributed by atoms with E-state index in [1.165, 1.54) is 19.3 Å². The van der Waals surface area contributed by atoms with E-state index in [1.54, 1.807) is 37.3 Å². The van der Waals surface area contributed by atoms with Crippen LogP contribution < -0.4 is 0 Å². The van der Waals surface area contributed by atoms with Gasteiger partial charge in [-0.2, -0.15) is 4.99 Å². The highest BCUT2D eigenvalue weighted by atomic mass is 16.5. The Balaban J connectivity index is 2.10. The van der Waals surface area contributed by atoms with Crippen LogP contribution in [0, 0.1) is 0 Å². The number of aliphatic hydroxyl groups is 1. The Kier molecular flexibility index (Phi) is 4.79. The van der Waals surface area contributed by atoms with Crippen molar-refractivity contribution in [2.45, 2.75) is 13.8 Å². The maximum Gasteiger partial charge on any atom is 0.343 e. The highest BCUT2D eigenvalue weighted by Crippen LogP contribution is 2.25. The summed E-state index contributed by atoms with van der Waals surface area (Å²) >= 11 is 0. The third-order valence-corrected chi connectivity index (χ3v) is 3.66. The average Bonchev–Trinajstić information content (AvgIpc) is 3.25. The summed E-state index contributed by atoms with van der Waals surface area (Å²) in [5.74, 6) is -1.29. The Morgan fingerprint density at radius 1 is 1.19 bits per heavy atom. The molecule has 7 nitrogen and oxygen atoms in total. The number of benzene rings is 1. The minimum absolute atomic E-state index is 0.0602. The highest BCUT2D eigenvalue weighted by Gasteiger charge is 2.30. The molecule has 0 unspecified atom stereocenters. The molecule has 0 spiro atoms. The number of carbonyl (C=O) groups is 2. The van der Waals surface area contributed by atoms with Crippen LogP contribution in [0.5, 0.6) is 0 Å². The summed E-state index contributed by atoms with van der Waals surface area (Å²) in [7, 11) is 0. The summed E-state index contributed by atoms with van der Waals surface area (Å²) in [6, 6.07) is 10.1. The van der Waals surface area contributed by atoms with Gasteiger partial charge in [0.15, 0.2) is 11.6 Å². The van der Waals surface area contributed by atoms with E-state index in [2.05, 4.69) is 9.98 Å². The van der Waals surface area contributed by atoms with E-state index in [-0.39, 0.29) is 35.2 Å².